The minimum Gasteiger partial charge on any atom is -0.394 e. The summed E-state index contributed by atoms with van der Waals surface area (Å²) >= 11 is 0. The summed E-state index contributed by atoms with van der Waals surface area (Å²) in [6.45, 7) is 13.4. The molecule has 0 amide bonds. The van der Waals surface area contributed by atoms with E-state index in [1.54, 1.807) is 13.8 Å². The number of aliphatic hydroxyl groups is 3. The van der Waals surface area contributed by atoms with Crippen LogP contribution in [0.4, 0.5) is 0 Å². The van der Waals surface area contributed by atoms with Crippen molar-refractivity contribution < 1.29 is 29.5 Å². The normalized spacial score (nSPS) is 13.7. The highest BCUT2D eigenvalue weighted by molar-refractivity contribution is 4.88. The molecule has 0 heterocycles. The Hall–Kier alpha value is -0.240. The van der Waals surface area contributed by atoms with E-state index in [-0.39, 0.29) is 38.4 Å². The van der Waals surface area contributed by atoms with Gasteiger partial charge in [-0.25, -0.2) is 0 Å². The van der Waals surface area contributed by atoms with Gasteiger partial charge in [-0.1, -0.05) is 13.8 Å². The standard InChI is InChI=1S/C19H40O6/c1-16(2)11-19(14-23-9-7-20,15-24-10-8-21)12-18(5,6)25-13-17(3,4)22/h16,20-22H,7-15H2,1-6H3. The Kier molecular flexibility index (Phi) is 11.4. The van der Waals surface area contributed by atoms with Crippen LogP contribution >= 0.6 is 0 Å². The molecule has 0 rings (SSSR count). The molecule has 0 fully saturated rings. The van der Waals surface area contributed by atoms with Crippen LogP contribution in [-0.2, 0) is 14.2 Å². The highest BCUT2D eigenvalue weighted by Crippen LogP contribution is 2.38. The molecule has 0 aromatic rings. The maximum absolute atomic E-state index is 9.94. The minimum atomic E-state index is -0.890. The van der Waals surface area contributed by atoms with E-state index in [9.17, 15) is 5.11 Å². The molecular weight excluding hydrogens is 324 g/mol. The van der Waals surface area contributed by atoms with E-state index in [0.717, 1.165) is 6.42 Å². The molecule has 0 unspecified atom stereocenters. The first-order valence-corrected chi connectivity index (χ1v) is 9.19. The summed E-state index contributed by atoms with van der Waals surface area (Å²) in [5.74, 6) is 0.431. The lowest BCUT2D eigenvalue weighted by Gasteiger charge is -2.41. The van der Waals surface area contributed by atoms with E-state index in [1.807, 2.05) is 13.8 Å². The Morgan fingerprint density at radius 2 is 1.32 bits per heavy atom. The van der Waals surface area contributed by atoms with Gasteiger partial charge in [-0.15, -0.1) is 0 Å². The predicted octanol–water partition coefficient (Wildman–Crippen LogP) is 1.99. The first-order valence-electron chi connectivity index (χ1n) is 9.19. The third-order valence-electron chi connectivity index (χ3n) is 3.75. The topological polar surface area (TPSA) is 88.4 Å². The smallest absolute Gasteiger partial charge is 0.0824 e. The monoisotopic (exact) mass is 364 g/mol. The van der Waals surface area contributed by atoms with E-state index in [4.69, 9.17) is 24.4 Å². The largest absolute Gasteiger partial charge is 0.394 e. The quantitative estimate of drug-likeness (QED) is 0.385. The van der Waals surface area contributed by atoms with Gasteiger partial charge in [0.2, 0.25) is 0 Å². The van der Waals surface area contributed by atoms with E-state index >= 15 is 0 Å². The molecule has 0 atom stereocenters. The highest BCUT2D eigenvalue weighted by Gasteiger charge is 2.39. The summed E-state index contributed by atoms with van der Waals surface area (Å²) in [6.07, 6.45) is 1.56. The molecule has 0 aliphatic heterocycles. The van der Waals surface area contributed by atoms with Crippen molar-refractivity contribution in [1.82, 2.24) is 0 Å². The lowest BCUT2D eigenvalue weighted by atomic mass is 9.74. The lowest BCUT2D eigenvalue weighted by Crippen LogP contribution is -2.44. The third kappa shape index (κ3) is 12.7. The number of hydrogen-bond donors (Lipinski definition) is 3. The molecule has 6 heteroatoms. The molecule has 0 radical (unpaired) electrons. The molecule has 6 nitrogen and oxygen atoms in total. The van der Waals surface area contributed by atoms with E-state index in [0.29, 0.717) is 25.6 Å². The summed E-state index contributed by atoms with van der Waals surface area (Å²) in [4.78, 5) is 0. The lowest BCUT2D eigenvalue weighted by molar-refractivity contribution is -0.132. The summed E-state index contributed by atoms with van der Waals surface area (Å²) < 4.78 is 17.3. The van der Waals surface area contributed by atoms with Crippen molar-refractivity contribution in [3.63, 3.8) is 0 Å². The first-order chi connectivity index (χ1) is 11.5. The second-order valence-corrected chi connectivity index (χ2v) is 8.69. The Balaban J connectivity index is 5.18. The Labute approximate surface area is 153 Å². The average Bonchev–Trinajstić information content (AvgIpc) is 2.44. The van der Waals surface area contributed by atoms with E-state index in [2.05, 4.69) is 13.8 Å². The van der Waals surface area contributed by atoms with Crippen molar-refractivity contribution >= 4 is 0 Å². The predicted molar refractivity (Wildman–Crippen MR) is 98.6 cm³/mol. The molecule has 152 valence electrons. The number of rotatable bonds is 15. The van der Waals surface area contributed by atoms with E-state index in [1.165, 1.54) is 0 Å². The van der Waals surface area contributed by atoms with Crippen LogP contribution in [0.15, 0.2) is 0 Å². The second kappa shape index (κ2) is 11.5. The fourth-order valence-corrected chi connectivity index (χ4v) is 3.23. The third-order valence-corrected chi connectivity index (χ3v) is 3.75. The van der Waals surface area contributed by atoms with Crippen molar-refractivity contribution in [2.75, 3.05) is 46.2 Å². The number of aliphatic hydroxyl groups excluding tert-OH is 2. The molecule has 0 spiro atoms. The zero-order valence-electron chi connectivity index (χ0n) is 17.0. The molecular formula is C19H40O6. The summed E-state index contributed by atoms with van der Waals surface area (Å²) in [5, 5.41) is 28.0. The van der Waals surface area contributed by atoms with Crippen molar-refractivity contribution in [3.05, 3.63) is 0 Å². The van der Waals surface area contributed by atoms with E-state index < -0.39 is 11.2 Å². The second-order valence-electron chi connectivity index (χ2n) is 8.69. The van der Waals surface area contributed by atoms with Gasteiger partial charge in [0.25, 0.3) is 0 Å². The SMILES string of the molecule is CC(C)CC(COCCO)(COCCO)CC(C)(C)OCC(C)(C)O. The highest BCUT2D eigenvalue weighted by atomic mass is 16.5. The van der Waals surface area contributed by atoms with Crippen molar-refractivity contribution in [1.29, 1.82) is 0 Å². The van der Waals surface area contributed by atoms with Crippen molar-refractivity contribution in [3.8, 4) is 0 Å². The average molecular weight is 365 g/mol. The van der Waals surface area contributed by atoms with Gasteiger partial charge in [0.15, 0.2) is 0 Å². The maximum atomic E-state index is 9.94. The summed E-state index contributed by atoms with van der Waals surface area (Å²) in [7, 11) is 0. The van der Waals surface area contributed by atoms with Gasteiger partial charge in [0, 0.05) is 5.41 Å². The Bertz CT molecular complexity index is 325. The molecule has 0 saturated heterocycles. The molecule has 3 N–H and O–H groups in total. The fraction of sp³-hybridized carbons (Fsp3) is 1.00. The van der Waals surface area contributed by atoms with Gasteiger partial charge < -0.3 is 29.5 Å². The van der Waals surface area contributed by atoms with Crippen LogP contribution in [0.5, 0.6) is 0 Å². The molecule has 0 bridgehead atoms. The van der Waals surface area contributed by atoms with Crippen LogP contribution in [-0.4, -0.2) is 72.8 Å². The van der Waals surface area contributed by atoms with Crippen LogP contribution in [0.25, 0.3) is 0 Å². The van der Waals surface area contributed by atoms with Gasteiger partial charge in [-0.3, -0.25) is 0 Å². The van der Waals surface area contributed by atoms with Crippen molar-refractivity contribution in [2.45, 2.75) is 65.6 Å². The minimum absolute atomic E-state index is 0.0200. The molecule has 0 aliphatic carbocycles. The zero-order chi connectivity index (χ0) is 19.6. The maximum Gasteiger partial charge on any atom is 0.0824 e. The van der Waals surface area contributed by atoms with Crippen LogP contribution in [0, 0.1) is 11.3 Å². The number of hydrogen-bond acceptors (Lipinski definition) is 6. The molecule has 0 aromatic heterocycles. The van der Waals surface area contributed by atoms with Crippen LogP contribution in [0.2, 0.25) is 0 Å². The summed E-state index contributed by atoms with van der Waals surface area (Å²) in [5.41, 5.74) is -1.65. The molecule has 0 aliphatic rings. The van der Waals surface area contributed by atoms with Crippen LogP contribution in [0.1, 0.15) is 54.4 Å². The van der Waals surface area contributed by atoms with Gasteiger partial charge in [-0.2, -0.15) is 0 Å². The molecule has 25 heavy (non-hydrogen) atoms. The summed E-state index contributed by atoms with van der Waals surface area (Å²) in [6, 6.07) is 0. The Morgan fingerprint density at radius 1 is 0.840 bits per heavy atom. The van der Waals surface area contributed by atoms with Gasteiger partial charge in [0.05, 0.1) is 57.5 Å². The van der Waals surface area contributed by atoms with Gasteiger partial charge in [0.1, 0.15) is 0 Å². The van der Waals surface area contributed by atoms with Crippen LogP contribution in [0.3, 0.4) is 0 Å². The van der Waals surface area contributed by atoms with Crippen LogP contribution < -0.4 is 0 Å². The zero-order valence-corrected chi connectivity index (χ0v) is 17.0. The molecule has 0 saturated carbocycles. The Morgan fingerprint density at radius 3 is 1.68 bits per heavy atom. The van der Waals surface area contributed by atoms with Gasteiger partial charge in [-0.05, 0) is 46.5 Å². The number of ether oxygens (including phenoxy) is 3. The van der Waals surface area contributed by atoms with Crippen molar-refractivity contribution in [2.24, 2.45) is 11.3 Å². The van der Waals surface area contributed by atoms with Gasteiger partial charge >= 0.3 is 0 Å². The fourth-order valence-electron chi connectivity index (χ4n) is 3.23. The molecule has 0 aromatic carbocycles. The first kappa shape index (κ1) is 24.8.